The molecule has 10 atom stereocenters. The maximum Gasteiger partial charge on any atom is 0.327 e. The van der Waals surface area contributed by atoms with Gasteiger partial charge in [0.05, 0.1) is 24.0 Å². The van der Waals surface area contributed by atoms with Crippen LogP contribution in [0, 0.1) is 23.7 Å². The van der Waals surface area contributed by atoms with Crippen LogP contribution in [0.5, 0.6) is 0 Å². The minimum Gasteiger partial charge on any atom is -0.480 e. The fourth-order valence-corrected chi connectivity index (χ4v) is 7.74. The third-order valence-corrected chi connectivity index (χ3v) is 12.3. The molecule has 386 valence electrons. The standard InChI is InChI=1S/C52H71N7O12/c1-29(2)25-40-50(66)58-44(52(69)70)33(6)46(62)56-41(27-36-17-13-11-14-18-36)49(65)54-38(22-21-30(3)26-31(4)42(71-10)28-37-19-15-12-16-20-37)32(5)45(61)55-39(51(67)68)23-24-43(60)59(9)35(8)48(64)53-34(7)47(63)57-40/h11-22,26,29,31-34,38-42,44H,8,23-25,27-28H2,1-7,9-10H3,(H,53,64)(H,54,65)(H,55,61)(H,56,62)(H,57,63)(H,58,66)(H,67,68)(H,69,70)/b22-21+,30-26+. The van der Waals surface area contributed by atoms with Crippen molar-refractivity contribution in [3.8, 4) is 0 Å². The first-order chi connectivity index (χ1) is 33.4. The van der Waals surface area contributed by atoms with E-state index in [1.165, 1.54) is 27.8 Å². The second-order valence-electron chi connectivity index (χ2n) is 18.5. The molecule has 19 heteroatoms. The molecule has 71 heavy (non-hydrogen) atoms. The highest BCUT2D eigenvalue weighted by Crippen LogP contribution is 2.19. The number of allylic oxidation sites excluding steroid dienone is 2. The zero-order valence-corrected chi connectivity index (χ0v) is 42.0. The molecule has 1 aliphatic rings. The Morgan fingerprint density at radius 1 is 0.746 bits per heavy atom. The van der Waals surface area contributed by atoms with E-state index < -0.39 is 120 Å². The minimum absolute atomic E-state index is 0.0213. The van der Waals surface area contributed by atoms with Crippen LogP contribution in [0.25, 0.3) is 0 Å². The van der Waals surface area contributed by atoms with E-state index in [1.54, 1.807) is 63.4 Å². The molecule has 8 N–H and O–H groups in total. The molecule has 0 radical (unpaired) electrons. The highest BCUT2D eigenvalue weighted by molar-refractivity contribution is 6.00. The zero-order chi connectivity index (χ0) is 53.1. The maximum absolute atomic E-state index is 14.5. The number of ether oxygens (including phenoxy) is 1. The van der Waals surface area contributed by atoms with Crippen LogP contribution in [-0.4, -0.2) is 125 Å². The van der Waals surface area contributed by atoms with E-state index in [0.29, 0.717) is 12.0 Å². The van der Waals surface area contributed by atoms with Gasteiger partial charge in [0.1, 0.15) is 35.9 Å². The SMILES string of the molecule is C=C1C(=O)NC(C)C(=O)NC(CC(C)C)C(=O)NC(C(=O)O)C(C)C(=O)NC(Cc2ccccc2)C(=O)NC(/C=C/C(C)=C/C(C)C(Cc2ccccc2)OC)C(C)C(=O)NC(C(=O)O)CCC(=O)N1C. The minimum atomic E-state index is -1.86. The number of methoxy groups -OCH3 is 1. The summed E-state index contributed by atoms with van der Waals surface area (Å²) in [4.78, 5) is 122. The molecule has 0 aromatic heterocycles. The lowest BCUT2D eigenvalue weighted by atomic mass is 9.94. The molecule has 0 bridgehead atoms. The van der Waals surface area contributed by atoms with Crippen molar-refractivity contribution in [3.05, 3.63) is 108 Å². The number of carboxylic acids is 2. The van der Waals surface area contributed by atoms with E-state index in [-0.39, 0.29) is 30.8 Å². The van der Waals surface area contributed by atoms with Crippen molar-refractivity contribution >= 4 is 53.3 Å². The Kier molecular flexibility index (Phi) is 22.8. The number of nitrogens with one attached hydrogen (secondary N) is 6. The van der Waals surface area contributed by atoms with Gasteiger partial charge in [-0.2, -0.15) is 0 Å². The van der Waals surface area contributed by atoms with E-state index in [4.69, 9.17) is 4.74 Å². The number of nitrogens with zero attached hydrogens (tertiary/aromatic N) is 1. The van der Waals surface area contributed by atoms with Crippen molar-refractivity contribution in [1.82, 2.24) is 36.8 Å². The normalized spacial score (nSPS) is 25.4. The van der Waals surface area contributed by atoms with Crippen LogP contribution in [0.2, 0.25) is 0 Å². The second kappa shape index (κ2) is 27.9. The first-order valence-electron chi connectivity index (χ1n) is 23.6. The number of rotatable bonds is 13. The molecular formula is C52H71N7O12. The monoisotopic (exact) mass is 986 g/mol. The Labute approximate surface area is 415 Å². The molecule has 0 aliphatic carbocycles. The number of carbonyl (C=O) groups is 9. The molecule has 0 saturated carbocycles. The number of carboxylic acid groups (broad SMARTS) is 2. The molecule has 19 nitrogen and oxygen atoms in total. The van der Waals surface area contributed by atoms with Crippen LogP contribution in [0.4, 0.5) is 0 Å². The number of carbonyl (C=O) groups excluding carboxylic acids is 7. The summed E-state index contributed by atoms with van der Waals surface area (Å²) in [6.07, 6.45) is 4.66. The van der Waals surface area contributed by atoms with Gasteiger partial charge < -0.3 is 51.8 Å². The average molecular weight is 986 g/mol. The van der Waals surface area contributed by atoms with Crippen molar-refractivity contribution < 1.29 is 58.1 Å². The summed E-state index contributed by atoms with van der Waals surface area (Å²) in [5, 5.41) is 35.8. The average Bonchev–Trinajstić information content (AvgIpc) is 3.32. The predicted octanol–water partition coefficient (Wildman–Crippen LogP) is 2.81. The number of hydrogen-bond acceptors (Lipinski definition) is 10. The van der Waals surface area contributed by atoms with Crippen molar-refractivity contribution in [1.29, 1.82) is 0 Å². The van der Waals surface area contributed by atoms with E-state index in [2.05, 4.69) is 38.5 Å². The maximum atomic E-state index is 14.5. The van der Waals surface area contributed by atoms with Crippen LogP contribution in [0.1, 0.15) is 78.9 Å². The zero-order valence-electron chi connectivity index (χ0n) is 42.0. The lowest BCUT2D eigenvalue weighted by molar-refractivity contribution is -0.146. The molecule has 0 spiro atoms. The molecule has 3 rings (SSSR count). The van der Waals surface area contributed by atoms with E-state index in [1.807, 2.05) is 50.3 Å². The number of aliphatic carboxylic acids is 2. The summed E-state index contributed by atoms with van der Waals surface area (Å²) in [5.74, 6) is -12.1. The molecule has 1 fully saturated rings. The summed E-state index contributed by atoms with van der Waals surface area (Å²) in [7, 11) is 2.85. The summed E-state index contributed by atoms with van der Waals surface area (Å²) in [6.45, 7) is 15.0. The second-order valence-corrected chi connectivity index (χ2v) is 18.5. The quantitative estimate of drug-likeness (QED) is 0.106. The summed E-state index contributed by atoms with van der Waals surface area (Å²) in [6, 6.07) is 9.78. The smallest absolute Gasteiger partial charge is 0.327 e. The Bertz CT molecular complexity index is 2290. The lowest BCUT2D eigenvalue weighted by Gasteiger charge is -2.29. The topological polar surface area (TPSA) is 279 Å². The molecule has 10 unspecified atom stereocenters. The van der Waals surface area contributed by atoms with Gasteiger partial charge in [-0.25, -0.2) is 9.59 Å². The van der Waals surface area contributed by atoms with Gasteiger partial charge in [0.2, 0.25) is 35.4 Å². The summed E-state index contributed by atoms with van der Waals surface area (Å²) in [5.41, 5.74) is 2.01. The van der Waals surface area contributed by atoms with Crippen molar-refractivity contribution in [2.45, 2.75) is 123 Å². The van der Waals surface area contributed by atoms with Gasteiger partial charge in [-0.05, 0) is 50.2 Å². The van der Waals surface area contributed by atoms with Crippen molar-refractivity contribution in [2.75, 3.05) is 14.2 Å². The van der Waals surface area contributed by atoms with E-state index in [9.17, 15) is 53.4 Å². The molecule has 2 aromatic carbocycles. The van der Waals surface area contributed by atoms with Crippen molar-refractivity contribution in [2.24, 2.45) is 23.7 Å². The van der Waals surface area contributed by atoms with Gasteiger partial charge >= 0.3 is 11.9 Å². The van der Waals surface area contributed by atoms with E-state index in [0.717, 1.165) is 16.0 Å². The Morgan fingerprint density at radius 3 is 1.87 bits per heavy atom. The predicted molar refractivity (Wildman–Crippen MR) is 265 cm³/mol. The highest BCUT2D eigenvalue weighted by Gasteiger charge is 2.37. The van der Waals surface area contributed by atoms with Gasteiger partial charge in [-0.1, -0.05) is 126 Å². The first-order valence-corrected chi connectivity index (χ1v) is 23.6. The van der Waals surface area contributed by atoms with Crippen molar-refractivity contribution in [3.63, 3.8) is 0 Å². The molecule has 7 amide bonds. The summed E-state index contributed by atoms with van der Waals surface area (Å²) >= 11 is 0. The molecule has 1 aliphatic heterocycles. The third-order valence-electron chi connectivity index (χ3n) is 12.3. The number of likely N-dealkylation sites (N-methyl/N-ethyl adjacent to an activating group) is 1. The number of amides is 7. The summed E-state index contributed by atoms with van der Waals surface area (Å²) < 4.78 is 5.83. The fourth-order valence-electron chi connectivity index (χ4n) is 7.74. The highest BCUT2D eigenvalue weighted by atomic mass is 16.5. The Hall–Kier alpha value is -7.15. The largest absolute Gasteiger partial charge is 0.480 e. The van der Waals surface area contributed by atoms with Crippen LogP contribution >= 0.6 is 0 Å². The van der Waals surface area contributed by atoms with Gasteiger partial charge in [0.15, 0.2) is 0 Å². The Balaban J connectivity index is 2.14. The third kappa shape index (κ3) is 18.3. The Morgan fingerprint density at radius 2 is 1.31 bits per heavy atom. The molecular weight excluding hydrogens is 915 g/mol. The number of benzene rings is 2. The van der Waals surface area contributed by atoms with E-state index >= 15 is 0 Å². The van der Waals surface area contributed by atoms with Gasteiger partial charge in [-0.3, -0.25) is 33.6 Å². The first kappa shape index (κ1) is 58.2. The number of hydrogen-bond donors (Lipinski definition) is 8. The van der Waals surface area contributed by atoms with Crippen LogP contribution in [-0.2, 0) is 60.7 Å². The van der Waals surface area contributed by atoms with Gasteiger partial charge in [-0.15, -0.1) is 0 Å². The van der Waals surface area contributed by atoms with Crippen LogP contribution in [0.3, 0.4) is 0 Å². The lowest BCUT2D eigenvalue weighted by Crippen LogP contribution is -2.59. The fraction of sp³-hybridized carbons (Fsp3) is 0.481. The van der Waals surface area contributed by atoms with Crippen LogP contribution in [0.15, 0.2) is 96.7 Å². The van der Waals surface area contributed by atoms with Gasteiger partial charge in [0, 0.05) is 32.9 Å². The molecule has 1 saturated heterocycles. The molecule has 2 aromatic rings. The van der Waals surface area contributed by atoms with Crippen LogP contribution < -0.4 is 31.9 Å². The molecule has 1 heterocycles. The van der Waals surface area contributed by atoms with Gasteiger partial charge in [0.25, 0.3) is 5.91 Å².